The van der Waals surface area contributed by atoms with Crippen LogP contribution in [0.5, 0.6) is 0 Å². The number of sulfone groups is 1. The fourth-order valence-corrected chi connectivity index (χ4v) is 6.22. The minimum Gasteiger partial charge on any atom is -0.299 e. The van der Waals surface area contributed by atoms with Crippen LogP contribution >= 0.6 is 0 Å². The minimum atomic E-state index is -3.68. The first kappa shape index (κ1) is 19.8. The van der Waals surface area contributed by atoms with Gasteiger partial charge in [0.25, 0.3) is 0 Å². The Labute approximate surface area is 157 Å². The highest BCUT2D eigenvalue weighted by Crippen LogP contribution is 2.26. The fraction of sp³-hybridized carbons (Fsp3) is 0.667. The zero-order valence-corrected chi connectivity index (χ0v) is 16.9. The van der Waals surface area contributed by atoms with Crippen molar-refractivity contribution < 1.29 is 16.8 Å². The Kier molecular flexibility index (Phi) is 6.06. The van der Waals surface area contributed by atoms with Crippen molar-refractivity contribution in [3.63, 3.8) is 0 Å². The summed E-state index contributed by atoms with van der Waals surface area (Å²) in [4.78, 5) is 2.55. The van der Waals surface area contributed by atoms with E-state index in [4.69, 9.17) is 0 Å². The van der Waals surface area contributed by atoms with Gasteiger partial charge in [-0.1, -0.05) is 18.9 Å². The van der Waals surface area contributed by atoms with Gasteiger partial charge in [0.2, 0.25) is 10.0 Å². The van der Waals surface area contributed by atoms with E-state index >= 15 is 0 Å². The molecule has 8 heteroatoms. The molecule has 146 valence electrons. The molecule has 3 rings (SSSR count). The topological polar surface area (TPSA) is 74.8 Å². The smallest absolute Gasteiger partial charge is 0.243 e. The first-order valence-electron chi connectivity index (χ1n) is 9.33. The van der Waals surface area contributed by atoms with Crippen LogP contribution in [0.15, 0.2) is 34.1 Å². The van der Waals surface area contributed by atoms with Crippen LogP contribution < -0.4 is 0 Å². The van der Waals surface area contributed by atoms with Gasteiger partial charge < -0.3 is 0 Å². The maximum Gasteiger partial charge on any atom is 0.243 e. The van der Waals surface area contributed by atoms with Crippen LogP contribution in [0.2, 0.25) is 0 Å². The molecule has 2 aliphatic rings. The van der Waals surface area contributed by atoms with Gasteiger partial charge in [-0.2, -0.15) is 4.31 Å². The molecule has 0 aromatic heterocycles. The third-order valence-electron chi connectivity index (χ3n) is 5.39. The lowest BCUT2D eigenvalue weighted by molar-refractivity contribution is 0.139. The van der Waals surface area contributed by atoms with Crippen LogP contribution in [-0.4, -0.2) is 64.5 Å². The predicted molar refractivity (Wildman–Crippen MR) is 101 cm³/mol. The van der Waals surface area contributed by atoms with Gasteiger partial charge in [0, 0.05) is 25.4 Å². The molecule has 2 saturated heterocycles. The number of nitrogens with zero attached hydrogens (tertiary/aromatic N) is 2. The summed E-state index contributed by atoms with van der Waals surface area (Å²) in [5, 5.41) is 0. The van der Waals surface area contributed by atoms with Crippen molar-refractivity contribution >= 4 is 19.9 Å². The van der Waals surface area contributed by atoms with Crippen LogP contribution in [-0.2, 0) is 19.9 Å². The number of hydrogen-bond acceptors (Lipinski definition) is 5. The summed E-state index contributed by atoms with van der Waals surface area (Å²) in [5.41, 5.74) is 0. The second-order valence-electron chi connectivity index (χ2n) is 7.36. The molecule has 0 radical (unpaired) electrons. The number of benzene rings is 1. The molecular formula is C18H28N2O4S2. The quantitative estimate of drug-likeness (QED) is 0.774. The molecule has 0 aliphatic carbocycles. The molecule has 1 aromatic rings. The lowest BCUT2D eigenvalue weighted by Crippen LogP contribution is -2.50. The van der Waals surface area contributed by atoms with E-state index in [-0.39, 0.29) is 15.8 Å². The average Bonchev–Trinajstić information content (AvgIpc) is 2.91. The van der Waals surface area contributed by atoms with Crippen LogP contribution in [0.25, 0.3) is 0 Å². The fourth-order valence-electron chi connectivity index (χ4n) is 3.91. The Hall–Kier alpha value is -0.960. The number of piperidine rings is 1. The maximum absolute atomic E-state index is 13.1. The Morgan fingerprint density at radius 3 is 2.19 bits per heavy atom. The van der Waals surface area contributed by atoms with E-state index in [2.05, 4.69) is 4.90 Å². The average molecular weight is 401 g/mol. The molecule has 0 spiro atoms. The Bertz CT molecular complexity index is 829. The van der Waals surface area contributed by atoms with Gasteiger partial charge in [0.1, 0.15) is 0 Å². The van der Waals surface area contributed by atoms with E-state index < -0.39 is 19.9 Å². The second-order valence-corrected chi connectivity index (χ2v) is 11.3. The van der Waals surface area contributed by atoms with E-state index in [1.165, 1.54) is 54.3 Å². The third kappa shape index (κ3) is 4.47. The van der Waals surface area contributed by atoms with E-state index in [0.29, 0.717) is 13.1 Å². The van der Waals surface area contributed by atoms with Gasteiger partial charge in [0.05, 0.1) is 9.79 Å². The van der Waals surface area contributed by atoms with Crippen molar-refractivity contribution in [3.8, 4) is 0 Å². The van der Waals surface area contributed by atoms with Crippen molar-refractivity contribution in [1.82, 2.24) is 9.21 Å². The summed E-state index contributed by atoms with van der Waals surface area (Å²) in [5.74, 6) is 0. The lowest BCUT2D eigenvalue weighted by Gasteiger charge is -2.38. The molecular weight excluding hydrogens is 372 g/mol. The minimum absolute atomic E-state index is 0.0413. The largest absolute Gasteiger partial charge is 0.299 e. The predicted octanol–water partition coefficient (Wildman–Crippen LogP) is 2.12. The molecule has 2 heterocycles. The van der Waals surface area contributed by atoms with Gasteiger partial charge in [-0.05, 0) is 57.0 Å². The van der Waals surface area contributed by atoms with Crippen molar-refractivity contribution in [3.05, 3.63) is 24.3 Å². The van der Waals surface area contributed by atoms with Crippen LogP contribution in [0.3, 0.4) is 0 Å². The van der Waals surface area contributed by atoms with Gasteiger partial charge in [-0.15, -0.1) is 0 Å². The summed E-state index contributed by atoms with van der Waals surface area (Å²) in [7, 11) is -7.12. The molecule has 0 bridgehead atoms. The monoisotopic (exact) mass is 400 g/mol. The Morgan fingerprint density at radius 1 is 0.885 bits per heavy atom. The van der Waals surface area contributed by atoms with Gasteiger partial charge in [0.15, 0.2) is 9.84 Å². The molecule has 0 amide bonds. The highest BCUT2D eigenvalue weighted by molar-refractivity contribution is 7.91. The molecule has 0 N–H and O–H groups in total. The molecule has 6 nitrogen and oxygen atoms in total. The number of rotatable bonds is 4. The standard InChI is InChI=1S/C18H28N2O4S2/c1-25(21,22)17-9-6-10-18(14-17)26(23,24)20-13-7-8-16(15-20)19-11-4-2-3-5-12-19/h6,9-10,14,16H,2-5,7-8,11-13,15H2,1H3. The first-order chi connectivity index (χ1) is 12.3. The van der Waals surface area contributed by atoms with Crippen LogP contribution in [0.1, 0.15) is 38.5 Å². The van der Waals surface area contributed by atoms with Gasteiger partial charge >= 0.3 is 0 Å². The Balaban J connectivity index is 1.80. The number of sulfonamides is 1. The lowest BCUT2D eigenvalue weighted by atomic mass is 10.1. The summed E-state index contributed by atoms with van der Waals surface area (Å²) < 4.78 is 51.2. The van der Waals surface area contributed by atoms with Crippen molar-refractivity contribution in [2.24, 2.45) is 0 Å². The van der Waals surface area contributed by atoms with Crippen molar-refractivity contribution in [2.45, 2.75) is 54.4 Å². The Morgan fingerprint density at radius 2 is 1.54 bits per heavy atom. The van der Waals surface area contributed by atoms with E-state index in [1.807, 2.05) is 0 Å². The summed E-state index contributed by atoms with van der Waals surface area (Å²) in [6.07, 6.45) is 7.82. The van der Waals surface area contributed by atoms with Crippen molar-refractivity contribution in [2.75, 3.05) is 32.4 Å². The molecule has 1 aromatic carbocycles. The maximum atomic E-state index is 13.1. The zero-order chi connectivity index (χ0) is 18.8. The van der Waals surface area contributed by atoms with Gasteiger partial charge in [-0.25, -0.2) is 16.8 Å². The summed E-state index contributed by atoms with van der Waals surface area (Å²) in [6, 6.07) is 5.96. The van der Waals surface area contributed by atoms with E-state index in [1.54, 1.807) is 0 Å². The molecule has 1 unspecified atom stereocenters. The summed E-state index contributed by atoms with van der Waals surface area (Å²) >= 11 is 0. The van der Waals surface area contributed by atoms with E-state index in [0.717, 1.165) is 32.2 Å². The van der Waals surface area contributed by atoms with Crippen LogP contribution in [0, 0.1) is 0 Å². The zero-order valence-electron chi connectivity index (χ0n) is 15.3. The van der Waals surface area contributed by atoms with Gasteiger partial charge in [-0.3, -0.25) is 4.90 Å². The number of hydrogen-bond donors (Lipinski definition) is 0. The molecule has 26 heavy (non-hydrogen) atoms. The normalized spacial score (nSPS) is 24.3. The second kappa shape index (κ2) is 7.96. The molecule has 1 atom stereocenters. The highest BCUT2D eigenvalue weighted by atomic mass is 32.2. The molecule has 2 aliphatic heterocycles. The van der Waals surface area contributed by atoms with E-state index in [9.17, 15) is 16.8 Å². The number of likely N-dealkylation sites (tertiary alicyclic amines) is 1. The molecule has 0 saturated carbocycles. The van der Waals surface area contributed by atoms with Crippen molar-refractivity contribution in [1.29, 1.82) is 0 Å². The first-order valence-corrected chi connectivity index (χ1v) is 12.7. The SMILES string of the molecule is CS(=O)(=O)c1cccc(S(=O)(=O)N2CCCC(N3CCCCCC3)C2)c1. The molecule has 2 fully saturated rings. The highest BCUT2D eigenvalue weighted by Gasteiger charge is 2.33. The summed E-state index contributed by atoms with van der Waals surface area (Å²) in [6.45, 7) is 3.07. The third-order valence-corrected chi connectivity index (χ3v) is 8.36. The van der Waals surface area contributed by atoms with Crippen LogP contribution in [0.4, 0.5) is 0 Å².